The van der Waals surface area contributed by atoms with Gasteiger partial charge in [0.2, 0.25) is 11.8 Å². The number of unbranched alkanes of at least 4 members (excludes halogenated alkanes) is 1. The highest BCUT2D eigenvalue weighted by Gasteiger charge is 2.33. The normalized spacial score (nSPS) is 20.9. The maximum Gasteiger partial charge on any atom is 0.227 e. The lowest BCUT2D eigenvalue weighted by molar-refractivity contribution is -0.144. The molecule has 0 aromatic heterocycles. The molecule has 1 N–H and O–H groups in total. The van der Waals surface area contributed by atoms with Crippen LogP contribution in [0.15, 0.2) is 24.3 Å². The van der Waals surface area contributed by atoms with Crippen LogP contribution in [0.5, 0.6) is 0 Å². The van der Waals surface area contributed by atoms with Gasteiger partial charge in [-0.3, -0.25) is 14.5 Å². The van der Waals surface area contributed by atoms with Gasteiger partial charge >= 0.3 is 0 Å². The zero-order valence-electron chi connectivity index (χ0n) is 17.1. The van der Waals surface area contributed by atoms with Crippen molar-refractivity contribution in [3.05, 3.63) is 35.6 Å². The van der Waals surface area contributed by atoms with E-state index in [9.17, 15) is 14.0 Å². The number of aliphatic hydroxyl groups is 1. The minimum absolute atomic E-state index is 0.0826. The van der Waals surface area contributed by atoms with Crippen molar-refractivity contribution in [3.63, 3.8) is 0 Å². The zero-order valence-corrected chi connectivity index (χ0v) is 17.1. The highest BCUT2D eigenvalue weighted by Crippen LogP contribution is 2.21. The van der Waals surface area contributed by atoms with E-state index >= 15 is 0 Å². The second-order valence-corrected chi connectivity index (χ2v) is 8.05. The maximum atomic E-state index is 13.4. The fraction of sp³-hybridized carbons (Fsp3) is 0.636. The molecule has 6 nitrogen and oxygen atoms in total. The number of hydrogen-bond acceptors (Lipinski definition) is 4. The number of piperidine rings is 1. The Labute approximate surface area is 172 Å². The van der Waals surface area contributed by atoms with Gasteiger partial charge in [-0.2, -0.15) is 0 Å². The fourth-order valence-electron chi connectivity index (χ4n) is 4.19. The van der Waals surface area contributed by atoms with Crippen LogP contribution >= 0.6 is 0 Å². The molecule has 2 saturated heterocycles. The Morgan fingerprint density at radius 2 is 1.93 bits per heavy atom. The van der Waals surface area contributed by atoms with E-state index < -0.39 is 0 Å². The van der Waals surface area contributed by atoms with Crippen molar-refractivity contribution in [2.45, 2.75) is 32.1 Å². The van der Waals surface area contributed by atoms with Crippen molar-refractivity contribution in [1.82, 2.24) is 14.7 Å². The first-order valence-corrected chi connectivity index (χ1v) is 10.7. The van der Waals surface area contributed by atoms with Crippen molar-refractivity contribution in [2.75, 3.05) is 52.4 Å². The van der Waals surface area contributed by atoms with Crippen molar-refractivity contribution in [3.8, 4) is 0 Å². The standard InChI is InChI=1S/C22H32FN3O3/c23-20-5-3-4-18(16-20)8-10-26-17-19(6-7-21(26)28)22(29)25-13-11-24(12-14-25)9-1-2-15-27/h3-5,16,19,27H,1-2,6-15,17H2. The van der Waals surface area contributed by atoms with Crippen molar-refractivity contribution >= 4 is 11.8 Å². The minimum atomic E-state index is -0.268. The molecule has 0 aliphatic carbocycles. The smallest absolute Gasteiger partial charge is 0.227 e. The molecule has 2 heterocycles. The monoisotopic (exact) mass is 405 g/mol. The molecule has 1 aromatic carbocycles. The third-order valence-electron chi connectivity index (χ3n) is 5.98. The molecule has 2 aliphatic heterocycles. The van der Waals surface area contributed by atoms with Gasteiger partial charge in [-0.05, 0) is 49.9 Å². The van der Waals surface area contributed by atoms with Crippen molar-refractivity contribution < 1.29 is 19.1 Å². The quantitative estimate of drug-likeness (QED) is 0.666. The summed E-state index contributed by atoms with van der Waals surface area (Å²) in [6, 6.07) is 6.45. The summed E-state index contributed by atoms with van der Waals surface area (Å²) >= 11 is 0. The van der Waals surface area contributed by atoms with E-state index in [0.29, 0.717) is 32.4 Å². The zero-order chi connectivity index (χ0) is 20.6. The molecule has 1 aromatic rings. The molecular weight excluding hydrogens is 373 g/mol. The van der Waals surface area contributed by atoms with Crippen LogP contribution in [0.2, 0.25) is 0 Å². The molecule has 2 fully saturated rings. The van der Waals surface area contributed by atoms with E-state index in [-0.39, 0.29) is 30.2 Å². The Hall–Kier alpha value is -1.99. The number of hydrogen-bond donors (Lipinski definition) is 1. The number of piperazine rings is 1. The maximum absolute atomic E-state index is 13.4. The Morgan fingerprint density at radius 3 is 2.66 bits per heavy atom. The van der Waals surface area contributed by atoms with E-state index in [2.05, 4.69) is 4.90 Å². The van der Waals surface area contributed by atoms with Crippen LogP contribution in [0.25, 0.3) is 0 Å². The largest absolute Gasteiger partial charge is 0.396 e. The molecule has 29 heavy (non-hydrogen) atoms. The van der Waals surface area contributed by atoms with Gasteiger partial charge in [0.05, 0.1) is 5.92 Å². The van der Waals surface area contributed by atoms with Crippen LogP contribution in [0.4, 0.5) is 4.39 Å². The first-order valence-electron chi connectivity index (χ1n) is 10.7. The number of benzene rings is 1. The summed E-state index contributed by atoms with van der Waals surface area (Å²) in [4.78, 5) is 31.3. The third kappa shape index (κ3) is 6.24. The van der Waals surface area contributed by atoms with Crippen LogP contribution in [-0.4, -0.2) is 84.0 Å². The van der Waals surface area contributed by atoms with Gasteiger partial charge in [0.15, 0.2) is 0 Å². The van der Waals surface area contributed by atoms with E-state index in [4.69, 9.17) is 5.11 Å². The van der Waals surface area contributed by atoms with Gasteiger partial charge in [0, 0.05) is 52.3 Å². The molecule has 3 rings (SSSR count). The molecule has 7 heteroatoms. The average molecular weight is 406 g/mol. The van der Waals surface area contributed by atoms with Gasteiger partial charge in [0.1, 0.15) is 5.82 Å². The van der Waals surface area contributed by atoms with Gasteiger partial charge in [-0.25, -0.2) is 4.39 Å². The molecule has 1 unspecified atom stereocenters. The first-order chi connectivity index (χ1) is 14.1. The first kappa shape index (κ1) is 21.7. The van der Waals surface area contributed by atoms with E-state index in [1.807, 2.05) is 11.0 Å². The van der Waals surface area contributed by atoms with Crippen LogP contribution in [-0.2, 0) is 16.0 Å². The van der Waals surface area contributed by atoms with E-state index in [0.717, 1.165) is 51.1 Å². The van der Waals surface area contributed by atoms with Gasteiger partial charge < -0.3 is 14.9 Å². The summed E-state index contributed by atoms with van der Waals surface area (Å²) in [6.45, 7) is 5.37. The molecule has 160 valence electrons. The summed E-state index contributed by atoms with van der Waals surface area (Å²) in [7, 11) is 0. The number of nitrogens with zero attached hydrogens (tertiary/aromatic N) is 3. The van der Waals surface area contributed by atoms with Crippen LogP contribution < -0.4 is 0 Å². The molecule has 0 saturated carbocycles. The summed E-state index contributed by atoms with van der Waals surface area (Å²) < 4.78 is 13.4. The summed E-state index contributed by atoms with van der Waals surface area (Å²) in [5.74, 6) is -0.167. The Kier molecular flexibility index (Phi) is 8.00. The van der Waals surface area contributed by atoms with E-state index in [1.54, 1.807) is 11.0 Å². The number of carbonyl (C=O) groups is 2. The third-order valence-corrected chi connectivity index (χ3v) is 5.98. The molecular formula is C22H32FN3O3. The molecule has 2 amide bonds. The lowest BCUT2D eigenvalue weighted by Gasteiger charge is -2.39. The SMILES string of the molecule is O=C1CCC(C(=O)N2CCN(CCCCO)CC2)CN1CCc1cccc(F)c1. The second-order valence-electron chi connectivity index (χ2n) is 8.05. The molecule has 0 bridgehead atoms. The van der Waals surface area contributed by atoms with Crippen molar-refractivity contribution in [1.29, 1.82) is 0 Å². The molecule has 0 radical (unpaired) electrons. The Bertz CT molecular complexity index is 692. The lowest BCUT2D eigenvalue weighted by atomic mass is 9.95. The number of likely N-dealkylation sites (tertiary alicyclic amines) is 1. The fourth-order valence-corrected chi connectivity index (χ4v) is 4.19. The van der Waals surface area contributed by atoms with Gasteiger partial charge in [0.25, 0.3) is 0 Å². The number of carbonyl (C=O) groups excluding carboxylic acids is 2. The second kappa shape index (κ2) is 10.7. The Balaban J connectivity index is 1.47. The van der Waals surface area contributed by atoms with Crippen LogP contribution in [0, 0.1) is 11.7 Å². The van der Waals surface area contributed by atoms with E-state index in [1.165, 1.54) is 12.1 Å². The average Bonchev–Trinajstić information content (AvgIpc) is 2.73. The molecule has 1 atom stereocenters. The van der Waals surface area contributed by atoms with Gasteiger partial charge in [-0.15, -0.1) is 0 Å². The summed E-state index contributed by atoms with van der Waals surface area (Å²) in [6.07, 6.45) is 3.42. The molecule has 0 spiro atoms. The Morgan fingerprint density at radius 1 is 1.14 bits per heavy atom. The van der Waals surface area contributed by atoms with Crippen LogP contribution in [0.1, 0.15) is 31.2 Å². The van der Waals surface area contributed by atoms with Gasteiger partial charge in [-0.1, -0.05) is 12.1 Å². The summed E-state index contributed by atoms with van der Waals surface area (Å²) in [5.41, 5.74) is 0.864. The number of halogens is 1. The molecule has 2 aliphatic rings. The minimum Gasteiger partial charge on any atom is -0.396 e. The predicted octanol–water partition coefficient (Wildman–Crippen LogP) is 1.52. The number of rotatable bonds is 8. The number of aliphatic hydroxyl groups excluding tert-OH is 1. The summed E-state index contributed by atoms with van der Waals surface area (Å²) in [5, 5.41) is 8.89. The highest BCUT2D eigenvalue weighted by molar-refractivity contribution is 5.84. The lowest BCUT2D eigenvalue weighted by Crippen LogP contribution is -2.53. The number of amides is 2. The predicted molar refractivity (Wildman–Crippen MR) is 109 cm³/mol. The van der Waals surface area contributed by atoms with Crippen LogP contribution in [0.3, 0.4) is 0 Å². The topological polar surface area (TPSA) is 64.1 Å². The van der Waals surface area contributed by atoms with Crippen molar-refractivity contribution in [2.24, 2.45) is 5.92 Å². The highest BCUT2D eigenvalue weighted by atomic mass is 19.1.